The first-order valence-corrected chi connectivity index (χ1v) is 9.18. The fourth-order valence-electron chi connectivity index (χ4n) is 3.56. The van der Waals surface area contributed by atoms with Crippen molar-refractivity contribution in [2.75, 3.05) is 13.1 Å². The summed E-state index contributed by atoms with van der Waals surface area (Å²) in [5.41, 5.74) is 2.65. The van der Waals surface area contributed by atoms with E-state index in [2.05, 4.69) is 21.8 Å². The van der Waals surface area contributed by atoms with Crippen LogP contribution in [0.1, 0.15) is 54.8 Å². The van der Waals surface area contributed by atoms with Crippen LogP contribution in [0.3, 0.4) is 0 Å². The van der Waals surface area contributed by atoms with Gasteiger partial charge in [0, 0.05) is 32.5 Å². The molecule has 0 fully saturated rings. The molecule has 2 aliphatic heterocycles. The SMILES string of the molecule is CCc1ccc(CN2CCc3nc(C4=NCCCC4)[nH]c(=O)c3C2)o1. The largest absolute Gasteiger partial charge is 0.465 e. The molecule has 2 aromatic rings. The Morgan fingerprint density at radius 2 is 2.12 bits per heavy atom. The Morgan fingerprint density at radius 3 is 2.88 bits per heavy atom. The fourth-order valence-corrected chi connectivity index (χ4v) is 3.56. The summed E-state index contributed by atoms with van der Waals surface area (Å²) in [5, 5.41) is 0. The van der Waals surface area contributed by atoms with Crippen LogP contribution in [-0.2, 0) is 25.9 Å². The quantitative estimate of drug-likeness (QED) is 0.928. The highest BCUT2D eigenvalue weighted by atomic mass is 16.3. The molecule has 2 aromatic heterocycles. The minimum atomic E-state index is -0.0216. The summed E-state index contributed by atoms with van der Waals surface area (Å²) in [5.74, 6) is 2.64. The molecule has 4 heterocycles. The van der Waals surface area contributed by atoms with Gasteiger partial charge in [0.25, 0.3) is 5.56 Å². The van der Waals surface area contributed by atoms with Gasteiger partial charge in [0.2, 0.25) is 0 Å². The van der Waals surface area contributed by atoms with Crippen LogP contribution in [0.5, 0.6) is 0 Å². The lowest BCUT2D eigenvalue weighted by atomic mass is 10.1. The van der Waals surface area contributed by atoms with E-state index < -0.39 is 0 Å². The minimum Gasteiger partial charge on any atom is -0.465 e. The van der Waals surface area contributed by atoms with E-state index in [4.69, 9.17) is 9.40 Å². The number of hydrogen-bond donors (Lipinski definition) is 1. The topological polar surface area (TPSA) is 74.5 Å². The summed E-state index contributed by atoms with van der Waals surface area (Å²) in [4.78, 5) is 27.0. The van der Waals surface area contributed by atoms with Crippen LogP contribution in [-0.4, -0.2) is 33.7 Å². The molecule has 1 N–H and O–H groups in total. The van der Waals surface area contributed by atoms with Gasteiger partial charge >= 0.3 is 0 Å². The van der Waals surface area contributed by atoms with Crippen LogP contribution in [0, 0.1) is 0 Å². The Bertz CT molecular complexity index is 849. The van der Waals surface area contributed by atoms with Crippen LogP contribution in [0.4, 0.5) is 0 Å². The number of H-pyrrole nitrogens is 1. The van der Waals surface area contributed by atoms with Gasteiger partial charge in [-0.1, -0.05) is 6.92 Å². The van der Waals surface area contributed by atoms with Gasteiger partial charge in [-0.3, -0.25) is 14.7 Å². The number of hydrogen-bond acceptors (Lipinski definition) is 5. The molecule has 0 unspecified atom stereocenters. The van der Waals surface area contributed by atoms with E-state index >= 15 is 0 Å². The molecule has 0 bridgehead atoms. The van der Waals surface area contributed by atoms with Gasteiger partial charge in [0.15, 0.2) is 5.82 Å². The maximum absolute atomic E-state index is 12.6. The molecule has 0 atom stereocenters. The zero-order chi connectivity index (χ0) is 17.2. The highest BCUT2D eigenvalue weighted by Crippen LogP contribution is 2.19. The van der Waals surface area contributed by atoms with Gasteiger partial charge in [-0.2, -0.15) is 0 Å². The van der Waals surface area contributed by atoms with Crippen LogP contribution in [0.25, 0.3) is 0 Å². The predicted octanol–water partition coefficient (Wildman–Crippen LogP) is 2.46. The van der Waals surface area contributed by atoms with Crippen molar-refractivity contribution in [3.63, 3.8) is 0 Å². The van der Waals surface area contributed by atoms with Gasteiger partial charge in [-0.15, -0.1) is 0 Å². The van der Waals surface area contributed by atoms with Crippen molar-refractivity contribution in [1.82, 2.24) is 14.9 Å². The number of aromatic nitrogens is 2. The molecule has 2 aliphatic rings. The smallest absolute Gasteiger partial charge is 0.255 e. The average molecular weight is 340 g/mol. The first-order valence-electron chi connectivity index (χ1n) is 9.18. The molecule has 0 aromatic carbocycles. The second-order valence-corrected chi connectivity index (χ2v) is 6.81. The summed E-state index contributed by atoms with van der Waals surface area (Å²) in [6, 6.07) is 4.06. The number of aromatic amines is 1. The summed E-state index contributed by atoms with van der Waals surface area (Å²) in [7, 11) is 0. The summed E-state index contributed by atoms with van der Waals surface area (Å²) >= 11 is 0. The number of rotatable bonds is 4. The van der Waals surface area contributed by atoms with Crippen LogP contribution in [0.2, 0.25) is 0 Å². The minimum absolute atomic E-state index is 0.0216. The maximum Gasteiger partial charge on any atom is 0.255 e. The molecule has 0 radical (unpaired) electrons. The van der Waals surface area contributed by atoms with Crippen molar-refractivity contribution in [2.45, 2.75) is 52.1 Å². The highest BCUT2D eigenvalue weighted by molar-refractivity contribution is 5.97. The van der Waals surface area contributed by atoms with E-state index in [1.165, 1.54) is 0 Å². The van der Waals surface area contributed by atoms with Crippen LogP contribution < -0.4 is 5.56 Å². The van der Waals surface area contributed by atoms with Crippen LogP contribution in [0.15, 0.2) is 26.3 Å². The second-order valence-electron chi connectivity index (χ2n) is 6.81. The van der Waals surface area contributed by atoms with Crippen molar-refractivity contribution < 1.29 is 4.42 Å². The van der Waals surface area contributed by atoms with Crippen molar-refractivity contribution >= 4 is 5.71 Å². The van der Waals surface area contributed by atoms with Gasteiger partial charge in [-0.25, -0.2) is 4.98 Å². The van der Waals surface area contributed by atoms with E-state index in [9.17, 15) is 4.79 Å². The van der Waals surface area contributed by atoms with Gasteiger partial charge in [0.05, 0.1) is 23.5 Å². The number of fused-ring (bicyclic) bond motifs is 1. The van der Waals surface area contributed by atoms with E-state index in [0.717, 1.165) is 80.2 Å². The van der Waals surface area contributed by atoms with Crippen molar-refractivity contribution in [3.05, 3.63) is 51.1 Å². The molecule has 0 aliphatic carbocycles. The number of furan rings is 1. The Morgan fingerprint density at radius 1 is 1.24 bits per heavy atom. The molecule has 0 spiro atoms. The lowest BCUT2D eigenvalue weighted by Crippen LogP contribution is -2.36. The van der Waals surface area contributed by atoms with E-state index in [1.807, 2.05) is 12.1 Å². The summed E-state index contributed by atoms with van der Waals surface area (Å²) in [6.45, 7) is 5.16. The monoisotopic (exact) mass is 340 g/mol. The standard InChI is InChI=1S/C19H24N4O2/c1-2-13-6-7-14(25-13)11-23-10-8-16-15(12-23)19(24)22-18(21-16)17-5-3-4-9-20-17/h6-7H,2-5,8-12H2,1H3,(H,21,22,24). The molecule has 132 valence electrons. The van der Waals surface area contributed by atoms with E-state index in [-0.39, 0.29) is 5.56 Å². The molecule has 0 saturated heterocycles. The lowest BCUT2D eigenvalue weighted by Gasteiger charge is -2.27. The Labute approximate surface area is 147 Å². The highest BCUT2D eigenvalue weighted by Gasteiger charge is 2.23. The normalized spacial score (nSPS) is 18.0. The molecule has 25 heavy (non-hydrogen) atoms. The molecule has 0 amide bonds. The third-order valence-electron chi connectivity index (χ3n) is 4.99. The maximum atomic E-state index is 12.6. The van der Waals surface area contributed by atoms with Crippen molar-refractivity contribution in [1.29, 1.82) is 0 Å². The zero-order valence-electron chi connectivity index (χ0n) is 14.7. The predicted molar refractivity (Wildman–Crippen MR) is 96.0 cm³/mol. The third kappa shape index (κ3) is 3.44. The Hall–Kier alpha value is -2.21. The average Bonchev–Trinajstić information content (AvgIpc) is 3.10. The number of nitrogens with zero attached hydrogens (tertiary/aromatic N) is 3. The van der Waals surface area contributed by atoms with Gasteiger partial charge in [-0.05, 0) is 31.4 Å². The fraction of sp³-hybridized carbons (Fsp3) is 0.526. The number of aryl methyl sites for hydroxylation is 1. The number of aliphatic imine (C=N–C) groups is 1. The molecular weight excluding hydrogens is 316 g/mol. The molecule has 4 rings (SSSR count). The molecular formula is C19H24N4O2. The molecule has 6 nitrogen and oxygen atoms in total. The Balaban J connectivity index is 1.53. The van der Waals surface area contributed by atoms with E-state index in [0.29, 0.717) is 12.4 Å². The van der Waals surface area contributed by atoms with Crippen molar-refractivity contribution in [2.24, 2.45) is 4.99 Å². The second kappa shape index (κ2) is 6.96. The zero-order valence-corrected chi connectivity index (χ0v) is 14.7. The third-order valence-corrected chi connectivity index (χ3v) is 4.99. The first-order chi connectivity index (χ1) is 12.2. The van der Waals surface area contributed by atoms with Gasteiger partial charge < -0.3 is 9.40 Å². The molecule has 0 saturated carbocycles. The van der Waals surface area contributed by atoms with Crippen molar-refractivity contribution in [3.8, 4) is 0 Å². The first kappa shape index (κ1) is 16.3. The van der Waals surface area contributed by atoms with E-state index in [1.54, 1.807) is 0 Å². The summed E-state index contributed by atoms with van der Waals surface area (Å²) < 4.78 is 5.79. The Kier molecular flexibility index (Phi) is 4.53. The molecule has 6 heteroatoms. The number of nitrogens with one attached hydrogen (secondary N) is 1. The summed E-state index contributed by atoms with van der Waals surface area (Å²) in [6.07, 6.45) is 4.85. The van der Waals surface area contributed by atoms with Gasteiger partial charge in [0.1, 0.15) is 11.5 Å². The lowest BCUT2D eigenvalue weighted by molar-refractivity contribution is 0.220. The van der Waals surface area contributed by atoms with Crippen LogP contribution >= 0.6 is 0 Å².